The van der Waals surface area contributed by atoms with Gasteiger partial charge in [0.2, 0.25) is 5.78 Å². The third-order valence-corrected chi connectivity index (χ3v) is 7.49. The van der Waals surface area contributed by atoms with Gasteiger partial charge in [0.05, 0.1) is 26.4 Å². The van der Waals surface area contributed by atoms with E-state index >= 15 is 0 Å². The zero-order valence-electron chi connectivity index (χ0n) is 23.5. The highest BCUT2D eigenvalue weighted by Crippen LogP contribution is 2.37. The first-order chi connectivity index (χ1) is 21.1. The van der Waals surface area contributed by atoms with Crippen molar-refractivity contribution in [2.24, 2.45) is 5.16 Å². The maximum absolute atomic E-state index is 13.6. The normalized spacial score (nSPS) is 24.5. The van der Waals surface area contributed by atoms with Crippen LogP contribution >= 0.6 is 0 Å². The van der Waals surface area contributed by atoms with Crippen molar-refractivity contribution >= 4 is 11.5 Å². The van der Waals surface area contributed by atoms with Gasteiger partial charge in [-0.15, -0.1) is 0 Å². The number of aliphatic hydroxyl groups is 1. The van der Waals surface area contributed by atoms with E-state index in [4.69, 9.17) is 23.8 Å². The van der Waals surface area contributed by atoms with Crippen LogP contribution in [0.3, 0.4) is 0 Å². The van der Waals surface area contributed by atoms with Crippen LogP contribution in [0.4, 0.5) is 0 Å². The second-order valence-electron chi connectivity index (χ2n) is 10.5. The summed E-state index contributed by atoms with van der Waals surface area (Å²) in [6.45, 7) is 0.974. The topological polar surface area (TPSA) is 95.8 Å². The van der Waals surface area contributed by atoms with Crippen molar-refractivity contribution in [3.63, 3.8) is 0 Å². The largest absolute Gasteiger partial charge is 0.374 e. The predicted octanol–water partition coefficient (Wildman–Crippen LogP) is 5.10. The van der Waals surface area contributed by atoms with Crippen LogP contribution in [0.25, 0.3) is 0 Å². The Hall–Kier alpha value is -4.18. The lowest BCUT2D eigenvalue weighted by Crippen LogP contribution is -2.64. The van der Waals surface area contributed by atoms with Gasteiger partial charge in [-0.3, -0.25) is 4.79 Å². The fraction of sp³-hybridized carbons (Fsp3) is 0.257. The van der Waals surface area contributed by atoms with Crippen LogP contribution in [0, 0.1) is 0 Å². The molecule has 0 amide bonds. The first-order valence-corrected chi connectivity index (χ1v) is 14.3. The lowest BCUT2D eigenvalue weighted by atomic mass is 9.88. The number of hydrogen-bond acceptors (Lipinski definition) is 8. The Morgan fingerprint density at radius 1 is 0.721 bits per heavy atom. The van der Waals surface area contributed by atoms with E-state index in [9.17, 15) is 9.90 Å². The average Bonchev–Trinajstić information content (AvgIpc) is 3.41. The molecular weight excluding hydrogens is 546 g/mol. The Morgan fingerprint density at radius 3 is 1.81 bits per heavy atom. The monoisotopic (exact) mass is 579 g/mol. The van der Waals surface area contributed by atoms with Gasteiger partial charge in [-0.2, -0.15) is 0 Å². The van der Waals surface area contributed by atoms with Gasteiger partial charge < -0.3 is 28.9 Å². The molecule has 8 heteroatoms. The highest BCUT2D eigenvalue weighted by Gasteiger charge is 2.62. The minimum absolute atomic E-state index is 0.110. The van der Waals surface area contributed by atoms with E-state index in [-0.39, 0.29) is 31.1 Å². The molecule has 2 aliphatic heterocycles. The van der Waals surface area contributed by atoms with Gasteiger partial charge in [0.25, 0.3) is 0 Å². The number of oxime groups is 1. The van der Waals surface area contributed by atoms with E-state index < -0.39 is 36.0 Å². The number of ether oxygens (including phenoxy) is 4. The second-order valence-corrected chi connectivity index (χ2v) is 10.5. The van der Waals surface area contributed by atoms with Crippen molar-refractivity contribution in [1.82, 2.24) is 0 Å². The molecule has 1 N–H and O–H groups in total. The summed E-state index contributed by atoms with van der Waals surface area (Å²) in [5.41, 5.74) is 3.43. The van der Waals surface area contributed by atoms with Gasteiger partial charge >= 0.3 is 5.79 Å². The molecule has 4 aromatic carbocycles. The number of carbonyl (C=O) groups is 1. The van der Waals surface area contributed by atoms with Gasteiger partial charge in [0.1, 0.15) is 24.0 Å². The third kappa shape index (κ3) is 6.59. The molecule has 2 aliphatic rings. The standard InChI is InChI=1S/C35H33NO7/c37-33(28-19-11-4-12-20-28)35(38)34-30(36-43-35)32(41-23-27-17-9-3-10-18-27)31(40-22-26-15-7-2-8-16-26)29(42-34)24-39-21-25-13-5-1-6-14-25/h1-20,29,31-32,34,38H,21-24H2/t29-,31-,32-,34-,35+/m1/s1. The van der Waals surface area contributed by atoms with Gasteiger partial charge in [-0.1, -0.05) is 126 Å². The van der Waals surface area contributed by atoms with E-state index in [1.54, 1.807) is 30.3 Å². The highest BCUT2D eigenvalue weighted by molar-refractivity contribution is 6.08. The van der Waals surface area contributed by atoms with E-state index in [0.717, 1.165) is 16.7 Å². The molecule has 0 bridgehead atoms. The molecule has 0 spiro atoms. The van der Waals surface area contributed by atoms with Gasteiger partial charge in [0.15, 0.2) is 6.10 Å². The Balaban J connectivity index is 1.30. The lowest BCUT2D eigenvalue weighted by molar-refractivity contribution is -0.238. The van der Waals surface area contributed by atoms with Crippen LogP contribution < -0.4 is 0 Å². The molecule has 220 valence electrons. The van der Waals surface area contributed by atoms with Crippen molar-refractivity contribution in [2.75, 3.05) is 6.61 Å². The van der Waals surface area contributed by atoms with E-state index in [2.05, 4.69) is 5.16 Å². The number of benzene rings is 4. The second kappa shape index (κ2) is 13.4. The summed E-state index contributed by atoms with van der Waals surface area (Å²) in [4.78, 5) is 19.1. The molecular formula is C35H33NO7. The van der Waals surface area contributed by atoms with E-state index in [1.165, 1.54) is 0 Å². The number of rotatable bonds is 12. The molecule has 6 rings (SSSR count). The summed E-state index contributed by atoms with van der Waals surface area (Å²) in [5.74, 6) is -3.04. The lowest BCUT2D eigenvalue weighted by Gasteiger charge is -2.42. The first-order valence-electron chi connectivity index (χ1n) is 14.3. The minimum atomic E-state index is -2.38. The van der Waals surface area contributed by atoms with Crippen LogP contribution in [-0.4, -0.2) is 53.4 Å². The Kier molecular flexibility index (Phi) is 9.02. The number of hydrogen-bond donors (Lipinski definition) is 1. The summed E-state index contributed by atoms with van der Waals surface area (Å²) in [6.07, 6.45) is -3.45. The van der Waals surface area contributed by atoms with Crippen LogP contribution in [-0.2, 0) is 43.6 Å². The molecule has 5 atom stereocenters. The molecule has 0 aromatic heterocycles. The summed E-state index contributed by atoms with van der Waals surface area (Å²) < 4.78 is 25.5. The molecule has 2 heterocycles. The molecule has 1 saturated heterocycles. The van der Waals surface area contributed by atoms with Crippen LogP contribution in [0.5, 0.6) is 0 Å². The SMILES string of the molecule is O=C(c1ccccc1)[C@]1(O)ON=C2[C@@H](OCc3ccccc3)[C@H](OCc3ccccc3)[C@@H](COCc3ccccc3)O[C@H]21. The molecule has 8 nitrogen and oxygen atoms in total. The smallest absolute Gasteiger partial charge is 0.330 e. The molecule has 4 aromatic rings. The third-order valence-electron chi connectivity index (χ3n) is 7.49. The van der Waals surface area contributed by atoms with Crippen molar-refractivity contribution in [2.45, 2.75) is 50.0 Å². The summed E-state index contributed by atoms with van der Waals surface area (Å²) in [5, 5.41) is 15.9. The van der Waals surface area contributed by atoms with Gasteiger partial charge in [0, 0.05) is 5.56 Å². The Labute approximate surface area is 250 Å². The van der Waals surface area contributed by atoms with Crippen molar-refractivity contribution < 1.29 is 33.7 Å². The molecule has 0 saturated carbocycles. The van der Waals surface area contributed by atoms with Crippen molar-refractivity contribution in [3.8, 4) is 0 Å². The number of nitrogens with zero attached hydrogens (tertiary/aromatic N) is 1. The summed E-state index contributed by atoms with van der Waals surface area (Å²) in [7, 11) is 0. The van der Waals surface area contributed by atoms with Crippen LogP contribution in [0.1, 0.15) is 27.0 Å². The fourth-order valence-corrected chi connectivity index (χ4v) is 5.26. The van der Waals surface area contributed by atoms with Gasteiger partial charge in [-0.25, -0.2) is 0 Å². The number of fused-ring (bicyclic) bond motifs is 1. The van der Waals surface area contributed by atoms with Crippen molar-refractivity contribution in [1.29, 1.82) is 0 Å². The molecule has 0 radical (unpaired) electrons. The fourth-order valence-electron chi connectivity index (χ4n) is 5.26. The first kappa shape index (κ1) is 28.9. The molecule has 0 unspecified atom stereocenters. The highest BCUT2D eigenvalue weighted by atomic mass is 16.8. The Bertz CT molecular complexity index is 1500. The summed E-state index contributed by atoms with van der Waals surface area (Å²) in [6, 6.07) is 37.7. The Morgan fingerprint density at radius 2 is 1.23 bits per heavy atom. The maximum Gasteiger partial charge on any atom is 0.330 e. The predicted molar refractivity (Wildman–Crippen MR) is 159 cm³/mol. The zero-order chi connectivity index (χ0) is 29.5. The zero-order valence-corrected chi connectivity index (χ0v) is 23.5. The quantitative estimate of drug-likeness (QED) is 0.233. The molecule has 43 heavy (non-hydrogen) atoms. The number of carbonyl (C=O) groups excluding carboxylic acids is 1. The van der Waals surface area contributed by atoms with Crippen LogP contribution in [0.15, 0.2) is 126 Å². The number of Topliss-reactive ketones (excluding diaryl/α,β-unsaturated/α-hetero) is 1. The molecule has 0 aliphatic carbocycles. The summed E-state index contributed by atoms with van der Waals surface area (Å²) >= 11 is 0. The number of ketones is 1. The minimum Gasteiger partial charge on any atom is -0.374 e. The van der Waals surface area contributed by atoms with Gasteiger partial charge in [-0.05, 0) is 16.7 Å². The molecule has 1 fully saturated rings. The average molecular weight is 580 g/mol. The van der Waals surface area contributed by atoms with Crippen molar-refractivity contribution in [3.05, 3.63) is 144 Å². The van der Waals surface area contributed by atoms with E-state index in [0.29, 0.717) is 6.61 Å². The van der Waals surface area contributed by atoms with E-state index in [1.807, 2.05) is 91.0 Å². The maximum atomic E-state index is 13.6. The van der Waals surface area contributed by atoms with Crippen LogP contribution in [0.2, 0.25) is 0 Å².